The fourth-order valence-corrected chi connectivity index (χ4v) is 3.07. The average molecular weight is 298 g/mol. The van der Waals surface area contributed by atoms with Gasteiger partial charge in [0, 0.05) is 29.9 Å². The van der Waals surface area contributed by atoms with Gasteiger partial charge in [0.25, 0.3) is 0 Å². The molecular formula is C16H18N4S. The predicted molar refractivity (Wildman–Crippen MR) is 86.0 cm³/mol. The summed E-state index contributed by atoms with van der Waals surface area (Å²) in [4.78, 5) is 6.71. The van der Waals surface area contributed by atoms with Crippen molar-refractivity contribution in [1.82, 2.24) is 20.1 Å². The quantitative estimate of drug-likeness (QED) is 0.780. The summed E-state index contributed by atoms with van der Waals surface area (Å²) in [7, 11) is 2.14. The summed E-state index contributed by atoms with van der Waals surface area (Å²) in [5.74, 6) is 0. The second kappa shape index (κ2) is 6.20. The lowest BCUT2D eigenvalue weighted by Gasteiger charge is -2.23. The van der Waals surface area contributed by atoms with Crippen LogP contribution >= 0.6 is 11.3 Å². The maximum atomic E-state index is 4.40. The Morgan fingerprint density at radius 2 is 2.24 bits per heavy atom. The average Bonchev–Trinajstić information content (AvgIpc) is 3.20. The second-order valence-corrected chi connectivity index (χ2v) is 6.07. The van der Waals surface area contributed by atoms with Crippen molar-refractivity contribution in [1.29, 1.82) is 0 Å². The molecule has 2 heterocycles. The van der Waals surface area contributed by atoms with Crippen LogP contribution in [0.2, 0.25) is 0 Å². The fourth-order valence-electron chi connectivity index (χ4n) is 2.31. The summed E-state index contributed by atoms with van der Waals surface area (Å²) in [5.41, 5.74) is 3.60. The van der Waals surface area contributed by atoms with Gasteiger partial charge in [0.15, 0.2) is 0 Å². The molecule has 0 fully saturated rings. The molecule has 0 amide bonds. The third-order valence-corrected chi connectivity index (χ3v) is 4.61. The van der Waals surface area contributed by atoms with Crippen molar-refractivity contribution in [3.8, 4) is 11.1 Å². The molecule has 0 unspecified atom stereocenters. The highest BCUT2D eigenvalue weighted by molar-refractivity contribution is 7.09. The zero-order valence-corrected chi connectivity index (χ0v) is 13.0. The Kier molecular flexibility index (Phi) is 4.13. The Balaban J connectivity index is 1.74. The van der Waals surface area contributed by atoms with Gasteiger partial charge in [0.05, 0.1) is 12.2 Å². The number of hydrogen-bond acceptors (Lipinski definition) is 4. The molecule has 3 rings (SSSR count). The number of hydrogen-bond donors (Lipinski definition) is 1. The number of thiazole rings is 1. The van der Waals surface area contributed by atoms with Crippen molar-refractivity contribution in [3.05, 3.63) is 58.8 Å². The molecule has 0 spiro atoms. The molecule has 0 bridgehead atoms. The monoisotopic (exact) mass is 298 g/mol. The van der Waals surface area contributed by atoms with Crippen LogP contribution in [0.1, 0.15) is 23.5 Å². The number of nitrogens with one attached hydrogen (secondary N) is 1. The third kappa shape index (κ3) is 3.20. The van der Waals surface area contributed by atoms with Crippen molar-refractivity contribution < 1.29 is 0 Å². The number of benzene rings is 1. The Labute approximate surface area is 128 Å². The van der Waals surface area contributed by atoms with Gasteiger partial charge in [0.2, 0.25) is 0 Å². The Bertz CT molecular complexity index is 676. The van der Waals surface area contributed by atoms with Crippen LogP contribution in [0.4, 0.5) is 0 Å². The zero-order valence-electron chi connectivity index (χ0n) is 12.2. The summed E-state index contributed by atoms with van der Waals surface area (Å²) < 4.78 is 0. The summed E-state index contributed by atoms with van der Waals surface area (Å²) in [6, 6.07) is 8.91. The number of aromatic nitrogens is 3. The molecule has 0 aliphatic heterocycles. The second-order valence-electron chi connectivity index (χ2n) is 5.15. The summed E-state index contributed by atoms with van der Waals surface area (Å²) in [6.07, 6.45) is 5.63. The number of aromatic amines is 1. The van der Waals surface area contributed by atoms with Crippen LogP contribution in [-0.2, 0) is 6.54 Å². The molecule has 0 saturated carbocycles. The smallest absolute Gasteiger partial charge is 0.109 e. The molecule has 5 heteroatoms. The van der Waals surface area contributed by atoms with E-state index in [4.69, 9.17) is 0 Å². The van der Waals surface area contributed by atoms with Gasteiger partial charge in [-0.1, -0.05) is 18.2 Å². The maximum Gasteiger partial charge on any atom is 0.109 e. The molecule has 1 aromatic carbocycles. The first-order valence-electron chi connectivity index (χ1n) is 6.92. The van der Waals surface area contributed by atoms with E-state index in [9.17, 15) is 0 Å². The lowest BCUT2D eigenvalue weighted by molar-refractivity contribution is 0.252. The maximum absolute atomic E-state index is 4.40. The van der Waals surface area contributed by atoms with Crippen molar-refractivity contribution in [2.45, 2.75) is 19.5 Å². The summed E-state index contributed by atoms with van der Waals surface area (Å²) in [5, 5.41) is 10.0. The van der Waals surface area contributed by atoms with Crippen molar-refractivity contribution in [2.75, 3.05) is 7.05 Å². The van der Waals surface area contributed by atoms with Crippen LogP contribution in [0.25, 0.3) is 11.1 Å². The first kappa shape index (κ1) is 14.0. The molecule has 4 nitrogen and oxygen atoms in total. The van der Waals surface area contributed by atoms with Crippen molar-refractivity contribution in [3.63, 3.8) is 0 Å². The van der Waals surface area contributed by atoms with Gasteiger partial charge in [-0.2, -0.15) is 5.10 Å². The van der Waals surface area contributed by atoms with E-state index in [0.717, 1.165) is 17.1 Å². The minimum Gasteiger partial charge on any atom is -0.293 e. The molecule has 0 aliphatic carbocycles. The first-order chi connectivity index (χ1) is 10.2. The zero-order chi connectivity index (χ0) is 14.7. The van der Waals surface area contributed by atoms with Gasteiger partial charge in [-0.25, -0.2) is 4.98 Å². The number of H-pyrrole nitrogens is 1. The van der Waals surface area contributed by atoms with Gasteiger partial charge >= 0.3 is 0 Å². The normalized spacial score (nSPS) is 12.7. The molecule has 1 atom stereocenters. The highest BCUT2D eigenvalue weighted by Gasteiger charge is 2.14. The lowest BCUT2D eigenvalue weighted by Crippen LogP contribution is -2.21. The van der Waals surface area contributed by atoms with Crippen LogP contribution in [0, 0.1) is 0 Å². The van der Waals surface area contributed by atoms with Crippen LogP contribution in [0.3, 0.4) is 0 Å². The van der Waals surface area contributed by atoms with Crippen molar-refractivity contribution in [2.24, 2.45) is 0 Å². The molecule has 0 radical (unpaired) electrons. The van der Waals surface area contributed by atoms with Crippen LogP contribution < -0.4 is 0 Å². The molecular weight excluding hydrogens is 280 g/mol. The van der Waals surface area contributed by atoms with Gasteiger partial charge in [-0.05, 0) is 31.2 Å². The van der Waals surface area contributed by atoms with E-state index < -0.39 is 0 Å². The van der Waals surface area contributed by atoms with Crippen LogP contribution in [0.15, 0.2) is 48.2 Å². The molecule has 3 aromatic rings. The highest BCUT2D eigenvalue weighted by atomic mass is 32.1. The number of nitrogens with zero attached hydrogens (tertiary/aromatic N) is 3. The molecule has 0 saturated heterocycles. The number of rotatable bonds is 5. The molecule has 21 heavy (non-hydrogen) atoms. The van der Waals surface area contributed by atoms with Gasteiger partial charge < -0.3 is 0 Å². The Hall–Kier alpha value is -1.98. The standard InChI is InChI=1S/C16H18N4S/c1-12(16-17-6-7-21-16)20(2)11-13-4-3-5-14(8-13)15-9-18-19-10-15/h3-10,12H,11H2,1-2H3,(H,18,19)/t12-/m0/s1. The highest BCUT2D eigenvalue weighted by Crippen LogP contribution is 2.24. The SMILES string of the molecule is C[C@@H](c1nccs1)N(C)Cc1cccc(-c2cn[nH]c2)c1. The van der Waals surface area contributed by atoms with Gasteiger partial charge in [0.1, 0.15) is 5.01 Å². The van der Waals surface area contributed by atoms with Crippen LogP contribution in [-0.4, -0.2) is 27.1 Å². The topological polar surface area (TPSA) is 44.8 Å². The fraction of sp³-hybridized carbons (Fsp3) is 0.250. The predicted octanol–water partition coefficient (Wildman–Crippen LogP) is 3.73. The minimum atomic E-state index is 0.322. The van der Waals surface area contributed by atoms with Gasteiger partial charge in [-0.15, -0.1) is 11.3 Å². The largest absolute Gasteiger partial charge is 0.293 e. The molecule has 2 aromatic heterocycles. The lowest BCUT2D eigenvalue weighted by atomic mass is 10.1. The van der Waals surface area contributed by atoms with Gasteiger partial charge in [-0.3, -0.25) is 10.00 Å². The summed E-state index contributed by atoms with van der Waals surface area (Å²) in [6.45, 7) is 3.09. The molecule has 1 N–H and O–H groups in total. The summed E-state index contributed by atoms with van der Waals surface area (Å²) >= 11 is 1.71. The van der Waals surface area contributed by atoms with E-state index >= 15 is 0 Å². The Morgan fingerprint density at radius 3 is 2.95 bits per heavy atom. The third-order valence-electron chi connectivity index (χ3n) is 3.66. The van der Waals surface area contributed by atoms with E-state index in [-0.39, 0.29) is 0 Å². The van der Waals surface area contributed by atoms with Crippen LogP contribution in [0.5, 0.6) is 0 Å². The van der Waals surface area contributed by atoms with E-state index in [1.807, 2.05) is 24.0 Å². The Morgan fingerprint density at radius 1 is 1.33 bits per heavy atom. The van der Waals surface area contributed by atoms with E-state index in [1.54, 1.807) is 11.3 Å². The van der Waals surface area contributed by atoms with Crippen molar-refractivity contribution >= 4 is 11.3 Å². The molecule has 108 valence electrons. The molecule has 0 aliphatic rings. The van der Waals surface area contributed by atoms with E-state index in [1.165, 1.54) is 11.1 Å². The minimum absolute atomic E-state index is 0.322. The first-order valence-corrected chi connectivity index (χ1v) is 7.80. The van der Waals surface area contributed by atoms with E-state index in [2.05, 4.69) is 58.3 Å². The van der Waals surface area contributed by atoms with E-state index in [0.29, 0.717) is 6.04 Å².